The molecule has 1 fully saturated rings. The van der Waals surface area contributed by atoms with Crippen molar-refractivity contribution in [2.24, 2.45) is 0 Å². The number of ether oxygens (including phenoxy) is 1. The summed E-state index contributed by atoms with van der Waals surface area (Å²) in [5.41, 5.74) is 1.12. The number of anilines is 1. The van der Waals surface area contributed by atoms with Crippen LogP contribution in [0.25, 0.3) is 0 Å². The third-order valence-corrected chi connectivity index (χ3v) is 4.53. The van der Waals surface area contributed by atoms with E-state index in [0.29, 0.717) is 0 Å². The summed E-state index contributed by atoms with van der Waals surface area (Å²) in [5.74, 6) is 0. The fourth-order valence-electron chi connectivity index (χ4n) is 2.32. The molecule has 1 N–H and O–H groups in total. The van der Waals surface area contributed by atoms with Crippen LogP contribution in [0.4, 0.5) is 5.00 Å². The van der Waals surface area contributed by atoms with E-state index in [9.17, 15) is 0 Å². The van der Waals surface area contributed by atoms with Crippen molar-refractivity contribution in [2.75, 3.05) is 11.9 Å². The Labute approximate surface area is 130 Å². The molecule has 0 radical (unpaired) electrons. The fraction of sp³-hybridized carbons (Fsp3) is 0.538. The van der Waals surface area contributed by atoms with Crippen LogP contribution in [0.2, 0.25) is 0 Å². The topological polar surface area (TPSA) is 52.0 Å². The van der Waals surface area contributed by atoms with Crippen molar-refractivity contribution >= 4 is 32.3 Å². The Balaban J connectivity index is 1.71. The monoisotopic (exact) mass is 356 g/mol. The SMILES string of the molecule is Cc1ncc(NCc2cc(Br)nn2C2CCCCO2)s1. The van der Waals surface area contributed by atoms with E-state index in [4.69, 9.17) is 4.74 Å². The molecule has 0 spiro atoms. The first kappa shape index (κ1) is 14.0. The van der Waals surface area contributed by atoms with Crippen molar-refractivity contribution in [1.82, 2.24) is 14.8 Å². The van der Waals surface area contributed by atoms with Gasteiger partial charge in [0.25, 0.3) is 0 Å². The number of halogens is 1. The Morgan fingerprint density at radius 3 is 3.15 bits per heavy atom. The summed E-state index contributed by atoms with van der Waals surface area (Å²) in [6.07, 6.45) is 5.30. The minimum Gasteiger partial charge on any atom is -0.370 e. The largest absolute Gasteiger partial charge is 0.370 e. The lowest BCUT2D eigenvalue weighted by atomic mass is 10.2. The first-order valence-electron chi connectivity index (χ1n) is 6.74. The molecule has 108 valence electrons. The van der Waals surface area contributed by atoms with Crippen LogP contribution >= 0.6 is 27.3 Å². The minimum atomic E-state index is 0.0649. The van der Waals surface area contributed by atoms with Crippen molar-refractivity contribution in [3.05, 3.63) is 27.6 Å². The van der Waals surface area contributed by atoms with E-state index in [-0.39, 0.29) is 6.23 Å². The summed E-state index contributed by atoms with van der Waals surface area (Å²) in [6, 6.07) is 2.04. The number of nitrogens with zero attached hydrogens (tertiary/aromatic N) is 3. The van der Waals surface area contributed by atoms with Gasteiger partial charge in [0, 0.05) is 6.61 Å². The van der Waals surface area contributed by atoms with Crippen LogP contribution in [0, 0.1) is 6.92 Å². The van der Waals surface area contributed by atoms with Crippen molar-refractivity contribution in [3.63, 3.8) is 0 Å². The molecule has 7 heteroatoms. The maximum atomic E-state index is 5.82. The van der Waals surface area contributed by atoms with Crippen molar-refractivity contribution in [1.29, 1.82) is 0 Å². The predicted molar refractivity (Wildman–Crippen MR) is 82.9 cm³/mol. The average Bonchev–Trinajstić information content (AvgIpc) is 3.03. The smallest absolute Gasteiger partial charge is 0.150 e. The number of aryl methyl sites for hydroxylation is 1. The van der Waals surface area contributed by atoms with Crippen LogP contribution in [0.15, 0.2) is 16.9 Å². The second-order valence-electron chi connectivity index (χ2n) is 4.82. The summed E-state index contributed by atoms with van der Waals surface area (Å²) < 4.78 is 8.66. The van der Waals surface area contributed by atoms with Crippen molar-refractivity contribution < 1.29 is 4.74 Å². The third-order valence-electron chi connectivity index (χ3n) is 3.28. The second-order valence-corrected chi connectivity index (χ2v) is 6.87. The highest BCUT2D eigenvalue weighted by Crippen LogP contribution is 2.26. The van der Waals surface area contributed by atoms with Crippen molar-refractivity contribution in [3.8, 4) is 0 Å². The molecule has 0 saturated carbocycles. The Morgan fingerprint density at radius 2 is 2.45 bits per heavy atom. The lowest BCUT2D eigenvalue weighted by Gasteiger charge is -2.24. The van der Waals surface area contributed by atoms with E-state index >= 15 is 0 Å². The molecule has 5 nitrogen and oxygen atoms in total. The highest BCUT2D eigenvalue weighted by molar-refractivity contribution is 9.10. The summed E-state index contributed by atoms with van der Waals surface area (Å²) in [4.78, 5) is 4.25. The van der Waals surface area contributed by atoms with Gasteiger partial charge in [-0.05, 0) is 48.2 Å². The van der Waals surface area contributed by atoms with Crippen LogP contribution in [0.1, 0.15) is 36.2 Å². The van der Waals surface area contributed by atoms with Crippen LogP contribution in [0.3, 0.4) is 0 Å². The molecule has 3 rings (SSSR count). The number of rotatable bonds is 4. The summed E-state index contributed by atoms with van der Waals surface area (Å²) in [6.45, 7) is 3.55. The number of hydrogen-bond acceptors (Lipinski definition) is 5. The van der Waals surface area contributed by atoms with E-state index in [1.807, 2.05) is 23.9 Å². The Bertz CT molecular complexity index is 577. The molecule has 2 aromatic heterocycles. The van der Waals surface area contributed by atoms with Gasteiger partial charge in [-0.25, -0.2) is 9.67 Å². The van der Waals surface area contributed by atoms with Gasteiger partial charge in [-0.2, -0.15) is 5.10 Å². The van der Waals surface area contributed by atoms with Gasteiger partial charge in [0.15, 0.2) is 6.23 Å². The quantitative estimate of drug-likeness (QED) is 0.906. The zero-order valence-electron chi connectivity index (χ0n) is 11.3. The van der Waals surface area contributed by atoms with Gasteiger partial charge in [0.2, 0.25) is 0 Å². The van der Waals surface area contributed by atoms with Crippen LogP contribution in [-0.2, 0) is 11.3 Å². The van der Waals surface area contributed by atoms with E-state index in [0.717, 1.165) is 46.3 Å². The molecule has 2 aromatic rings. The number of aromatic nitrogens is 3. The van der Waals surface area contributed by atoms with Crippen LogP contribution in [0.5, 0.6) is 0 Å². The molecule has 20 heavy (non-hydrogen) atoms. The van der Waals surface area contributed by atoms with Gasteiger partial charge in [0.05, 0.1) is 23.4 Å². The molecule has 3 heterocycles. The fourth-order valence-corrected chi connectivity index (χ4v) is 3.43. The summed E-state index contributed by atoms with van der Waals surface area (Å²) in [5, 5.41) is 10.0. The Kier molecular flexibility index (Phi) is 4.38. The highest BCUT2D eigenvalue weighted by atomic mass is 79.9. The second kappa shape index (κ2) is 6.24. The molecule has 0 amide bonds. The summed E-state index contributed by atoms with van der Waals surface area (Å²) >= 11 is 5.12. The molecule has 0 bridgehead atoms. The van der Waals surface area contributed by atoms with Crippen LogP contribution in [-0.4, -0.2) is 21.4 Å². The first-order valence-corrected chi connectivity index (χ1v) is 8.35. The Morgan fingerprint density at radius 1 is 1.55 bits per heavy atom. The van der Waals surface area contributed by atoms with Gasteiger partial charge < -0.3 is 10.1 Å². The Hall–Kier alpha value is -0.920. The molecular weight excluding hydrogens is 340 g/mol. The molecular formula is C13H17BrN4OS. The minimum absolute atomic E-state index is 0.0649. The normalized spacial score (nSPS) is 19.2. The summed E-state index contributed by atoms with van der Waals surface area (Å²) in [7, 11) is 0. The van der Waals surface area contributed by atoms with Gasteiger partial charge >= 0.3 is 0 Å². The maximum absolute atomic E-state index is 5.82. The van der Waals surface area contributed by atoms with Gasteiger partial charge in [0.1, 0.15) is 9.60 Å². The van der Waals surface area contributed by atoms with E-state index < -0.39 is 0 Å². The van der Waals surface area contributed by atoms with Crippen molar-refractivity contribution in [2.45, 2.75) is 39.0 Å². The maximum Gasteiger partial charge on any atom is 0.150 e. The third kappa shape index (κ3) is 3.21. The molecule has 1 saturated heterocycles. The number of thiazole rings is 1. The number of hydrogen-bond donors (Lipinski definition) is 1. The van der Waals surface area contributed by atoms with E-state index in [1.54, 1.807) is 11.3 Å². The molecule has 1 atom stereocenters. The van der Waals surface area contributed by atoms with E-state index in [2.05, 4.69) is 31.3 Å². The van der Waals surface area contributed by atoms with Gasteiger partial charge in [-0.3, -0.25) is 0 Å². The average molecular weight is 357 g/mol. The van der Waals surface area contributed by atoms with Crippen LogP contribution < -0.4 is 5.32 Å². The molecule has 0 aromatic carbocycles. The molecule has 1 aliphatic rings. The highest BCUT2D eigenvalue weighted by Gasteiger charge is 2.20. The van der Waals surface area contributed by atoms with Gasteiger partial charge in [-0.15, -0.1) is 11.3 Å². The number of nitrogens with one attached hydrogen (secondary N) is 1. The predicted octanol–water partition coefficient (Wildman–Crippen LogP) is 3.72. The van der Waals surface area contributed by atoms with E-state index in [1.165, 1.54) is 6.42 Å². The standard InChI is InChI=1S/C13H17BrN4OS/c1-9-15-8-12(20-9)16-7-10-6-11(14)17-18(10)13-4-2-3-5-19-13/h6,8,13,16H,2-5,7H2,1H3. The lowest BCUT2D eigenvalue weighted by molar-refractivity contribution is -0.0411. The zero-order valence-corrected chi connectivity index (χ0v) is 13.7. The lowest BCUT2D eigenvalue weighted by Crippen LogP contribution is -2.21. The first-order chi connectivity index (χ1) is 9.72. The molecule has 0 aliphatic carbocycles. The molecule has 1 unspecified atom stereocenters. The zero-order chi connectivity index (χ0) is 13.9. The molecule has 1 aliphatic heterocycles. The van der Waals surface area contributed by atoms with Gasteiger partial charge in [-0.1, -0.05) is 0 Å².